The molecule has 0 radical (unpaired) electrons. The monoisotopic (exact) mass is 255 g/mol. The van der Waals surface area contributed by atoms with E-state index in [4.69, 9.17) is 0 Å². The molecule has 1 aromatic rings. The molecule has 0 aliphatic heterocycles. The lowest BCUT2D eigenvalue weighted by molar-refractivity contribution is 0.460. The molecule has 0 spiro atoms. The lowest BCUT2D eigenvalue weighted by Crippen LogP contribution is -2.36. The Labute approximate surface area is 104 Å². The molecule has 0 saturated heterocycles. The van der Waals surface area contributed by atoms with Crippen molar-refractivity contribution < 1.29 is 8.42 Å². The molecule has 0 aliphatic rings. The number of hydrogen-bond acceptors (Lipinski definition) is 2. The van der Waals surface area contributed by atoms with Crippen LogP contribution in [0.1, 0.15) is 39.3 Å². The molecule has 1 N–H and O–H groups in total. The van der Waals surface area contributed by atoms with Gasteiger partial charge in [0, 0.05) is 6.04 Å². The normalized spacial score (nSPS) is 14.2. The number of nitrogens with one attached hydrogen (secondary N) is 1. The minimum atomic E-state index is -3.24. The van der Waals surface area contributed by atoms with Crippen LogP contribution in [0.5, 0.6) is 0 Å². The van der Waals surface area contributed by atoms with E-state index >= 15 is 0 Å². The van der Waals surface area contributed by atoms with Crippen LogP contribution in [0.15, 0.2) is 30.3 Å². The molecule has 1 unspecified atom stereocenters. The van der Waals surface area contributed by atoms with Crippen molar-refractivity contribution in [2.75, 3.05) is 0 Å². The number of benzene rings is 1. The molecule has 96 valence electrons. The number of sulfonamides is 1. The van der Waals surface area contributed by atoms with Crippen LogP contribution < -0.4 is 4.72 Å². The van der Waals surface area contributed by atoms with Crippen molar-refractivity contribution in [3.8, 4) is 0 Å². The highest BCUT2D eigenvalue weighted by Gasteiger charge is 2.24. The van der Waals surface area contributed by atoms with E-state index in [0.29, 0.717) is 0 Å². The van der Waals surface area contributed by atoms with Gasteiger partial charge in [0.05, 0.1) is 5.25 Å². The highest BCUT2D eigenvalue weighted by molar-refractivity contribution is 7.90. The third-order valence-corrected chi connectivity index (χ3v) is 4.56. The van der Waals surface area contributed by atoms with Gasteiger partial charge in [-0.1, -0.05) is 44.2 Å². The summed E-state index contributed by atoms with van der Waals surface area (Å²) in [5.74, 6) is 0.214. The first-order valence-corrected chi connectivity index (χ1v) is 7.45. The molecule has 17 heavy (non-hydrogen) atoms. The van der Waals surface area contributed by atoms with Gasteiger partial charge in [0.25, 0.3) is 0 Å². The molecule has 0 aliphatic carbocycles. The molecule has 0 saturated carbocycles. The Morgan fingerprint density at radius 3 is 1.94 bits per heavy atom. The highest BCUT2D eigenvalue weighted by Crippen LogP contribution is 2.22. The summed E-state index contributed by atoms with van der Waals surface area (Å²) >= 11 is 0. The smallest absolute Gasteiger partial charge is 0.212 e. The average Bonchev–Trinajstić information content (AvgIpc) is 2.26. The molecule has 1 aromatic carbocycles. The second-order valence-electron chi connectivity index (χ2n) is 4.84. The summed E-state index contributed by atoms with van der Waals surface area (Å²) in [6.45, 7) is 7.40. The predicted octanol–water partition coefficient (Wildman–Crippen LogP) is 2.71. The van der Waals surface area contributed by atoms with Crippen molar-refractivity contribution >= 4 is 10.0 Å². The van der Waals surface area contributed by atoms with Crippen LogP contribution in [-0.2, 0) is 10.0 Å². The zero-order chi connectivity index (χ0) is 13.1. The van der Waals surface area contributed by atoms with Crippen molar-refractivity contribution in [2.24, 2.45) is 5.92 Å². The van der Waals surface area contributed by atoms with Crippen LogP contribution in [0.3, 0.4) is 0 Å². The van der Waals surface area contributed by atoms with Gasteiger partial charge in [0.2, 0.25) is 10.0 Å². The SMILES string of the molecule is CC(C)C(NS(=O)(=O)C(C)C)c1ccccc1. The van der Waals surface area contributed by atoms with Crippen molar-refractivity contribution in [3.05, 3.63) is 35.9 Å². The van der Waals surface area contributed by atoms with Crippen molar-refractivity contribution in [2.45, 2.75) is 39.0 Å². The molecular formula is C13H21NO2S. The molecular weight excluding hydrogens is 234 g/mol. The Balaban J connectivity index is 2.98. The first-order valence-electron chi connectivity index (χ1n) is 5.90. The van der Waals surface area contributed by atoms with Gasteiger partial charge in [-0.05, 0) is 25.3 Å². The fraction of sp³-hybridized carbons (Fsp3) is 0.538. The van der Waals surface area contributed by atoms with E-state index in [0.717, 1.165) is 5.56 Å². The second-order valence-corrected chi connectivity index (χ2v) is 7.11. The van der Waals surface area contributed by atoms with Gasteiger partial charge in [-0.2, -0.15) is 0 Å². The summed E-state index contributed by atoms with van der Waals surface area (Å²) in [6, 6.07) is 9.52. The first kappa shape index (κ1) is 14.2. The fourth-order valence-electron chi connectivity index (χ4n) is 1.56. The van der Waals surface area contributed by atoms with E-state index in [1.54, 1.807) is 13.8 Å². The highest BCUT2D eigenvalue weighted by atomic mass is 32.2. The third-order valence-electron chi connectivity index (χ3n) is 2.74. The molecule has 0 bridgehead atoms. The molecule has 0 amide bonds. The summed E-state index contributed by atoms with van der Waals surface area (Å²) in [7, 11) is -3.24. The number of hydrogen-bond donors (Lipinski definition) is 1. The maximum Gasteiger partial charge on any atom is 0.214 e. The van der Waals surface area contributed by atoms with E-state index in [1.165, 1.54) is 0 Å². The summed E-state index contributed by atoms with van der Waals surface area (Å²) in [6.07, 6.45) is 0. The lowest BCUT2D eigenvalue weighted by atomic mass is 9.97. The Morgan fingerprint density at radius 2 is 1.53 bits per heavy atom. The standard InChI is InChI=1S/C13H21NO2S/c1-10(2)13(12-8-6-5-7-9-12)14-17(15,16)11(3)4/h5-11,13-14H,1-4H3. The Bertz CT molecular complexity index is 438. The van der Waals surface area contributed by atoms with Crippen LogP contribution >= 0.6 is 0 Å². The van der Waals surface area contributed by atoms with Crippen molar-refractivity contribution in [3.63, 3.8) is 0 Å². The predicted molar refractivity (Wildman–Crippen MR) is 71.2 cm³/mol. The van der Waals surface area contributed by atoms with Gasteiger partial charge in [-0.15, -0.1) is 0 Å². The molecule has 1 atom stereocenters. The van der Waals surface area contributed by atoms with Gasteiger partial charge in [0.15, 0.2) is 0 Å². The van der Waals surface area contributed by atoms with Crippen LogP contribution in [0.4, 0.5) is 0 Å². The van der Waals surface area contributed by atoms with Gasteiger partial charge in [0.1, 0.15) is 0 Å². The summed E-state index contributed by atoms with van der Waals surface area (Å²) in [4.78, 5) is 0. The molecule has 4 heteroatoms. The van der Waals surface area contributed by atoms with Crippen molar-refractivity contribution in [1.82, 2.24) is 4.72 Å². The Morgan fingerprint density at radius 1 is 1.00 bits per heavy atom. The first-order chi connectivity index (χ1) is 7.84. The third kappa shape index (κ3) is 3.82. The minimum absolute atomic E-state index is 0.163. The number of rotatable bonds is 5. The van der Waals surface area contributed by atoms with E-state index in [1.807, 2.05) is 44.2 Å². The van der Waals surface area contributed by atoms with Crippen LogP contribution in [0, 0.1) is 5.92 Å². The zero-order valence-corrected chi connectivity index (χ0v) is 11.7. The van der Waals surface area contributed by atoms with Gasteiger partial charge in [-0.25, -0.2) is 13.1 Å². The topological polar surface area (TPSA) is 46.2 Å². The average molecular weight is 255 g/mol. The zero-order valence-electron chi connectivity index (χ0n) is 10.8. The van der Waals surface area contributed by atoms with Crippen LogP contribution in [0.25, 0.3) is 0 Å². The molecule has 0 aromatic heterocycles. The lowest BCUT2D eigenvalue weighted by Gasteiger charge is -2.24. The largest absolute Gasteiger partial charge is 0.214 e. The fourth-order valence-corrected chi connectivity index (χ4v) is 2.60. The maximum absolute atomic E-state index is 11.9. The van der Waals surface area contributed by atoms with Crippen LogP contribution in [0.2, 0.25) is 0 Å². The van der Waals surface area contributed by atoms with Crippen molar-refractivity contribution in [1.29, 1.82) is 0 Å². The van der Waals surface area contributed by atoms with E-state index in [9.17, 15) is 8.42 Å². The molecule has 0 heterocycles. The Hall–Kier alpha value is -0.870. The summed E-state index contributed by atoms with van der Waals surface area (Å²) in [5, 5.41) is -0.410. The van der Waals surface area contributed by atoms with E-state index < -0.39 is 15.3 Å². The summed E-state index contributed by atoms with van der Waals surface area (Å²) < 4.78 is 26.6. The molecule has 0 fully saturated rings. The Kier molecular flexibility index (Phi) is 4.71. The quantitative estimate of drug-likeness (QED) is 0.879. The van der Waals surface area contributed by atoms with Crippen LogP contribution in [-0.4, -0.2) is 13.7 Å². The minimum Gasteiger partial charge on any atom is -0.212 e. The summed E-state index contributed by atoms with van der Waals surface area (Å²) in [5.41, 5.74) is 1.01. The van der Waals surface area contributed by atoms with E-state index in [-0.39, 0.29) is 12.0 Å². The van der Waals surface area contributed by atoms with Gasteiger partial charge in [-0.3, -0.25) is 0 Å². The van der Waals surface area contributed by atoms with E-state index in [2.05, 4.69) is 4.72 Å². The van der Waals surface area contributed by atoms with Gasteiger partial charge >= 0.3 is 0 Å². The maximum atomic E-state index is 11.9. The molecule has 3 nitrogen and oxygen atoms in total. The second kappa shape index (κ2) is 5.65. The van der Waals surface area contributed by atoms with Gasteiger partial charge < -0.3 is 0 Å². The molecule has 1 rings (SSSR count).